The van der Waals surface area contributed by atoms with Gasteiger partial charge in [0.15, 0.2) is 0 Å². The fourth-order valence-electron chi connectivity index (χ4n) is 2.79. The minimum absolute atomic E-state index is 0.0865. The lowest BCUT2D eigenvalue weighted by atomic mass is 10.2. The summed E-state index contributed by atoms with van der Waals surface area (Å²) in [5.41, 5.74) is 13.8. The van der Waals surface area contributed by atoms with Gasteiger partial charge in [-0.3, -0.25) is 14.3 Å². The third-order valence-corrected chi connectivity index (χ3v) is 5.62. The minimum atomic E-state index is -0.351. The van der Waals surface area contributed by atoms with Crippen LogP contribution in [-0.4, -0.2) is 22.0 Å². The topological polar surface area (TPSA) is 128 Å². The highest BCUT2D eigenvalue weighted by molar-refractivity contribution is 7.97. The first-order valence-corrected chi connectivity index (χ1v) is 10.0. The predicted molar refractivity (Wildman–Crippen MR) is 112 cm³/mol. The van der Waals surface area contributed by atoms with Gasteiger partial charge in [0, 0.05) is 24.5 Å². The van der Waals surface area contributed by atoms with Gasteiger partial charge in [0.25, 0.3) is 5.56 Å². The zero-order valence-corrected chi connectivity index (χ0v) is 16.9. The van der Waals surface area contributed by atoms with Gasteiger partial charge >= 0.3 is 0 Å². The average molecular weight is 403 g/mol. The Morgan fingerprint density at radius 1 is 1.32 bits per heavy atom. The summed E-state index contributed by atoms with van der Waals surface area (Å²) in [7, 11) is 0. The van der Waals surface area contributed by atoms with Crippen LogP contribution >= 0.6 is 11.9 Å². The molecule has 1 aliphatic rings. The van der Waals surface area contributed by atoms with E-state index in [1.165, 1.54) is 29.4 Å². The van der Waals surface area contributed by atoms with Crippen LogP contribution in [0.1, 0.15) is 29.8 Å². The van der Waals surface area contributed by atoms with Gasteiger partial charge < -0.3 is 21.4 Å². The Balaban J connectivity index is 1.63. The molecule has 1 fully saturated rings. The van der Waals surface area contributed by atoms with E-state index >= 15 is 0 Å². The molecular weight excluding hydrogens is 376 g/mol. The largest absolute Gasteiger partial charge is 0.393 e. The monoisotopic (exact) mass is 402 g/mol. The quantitative estimate of drug-likeness (QED) is 0.491. The van der Waals surface area contributed by atoms with Gasteiger partial charge in [-0.2, -0.15) is 0 Å². The van der Waals surface area contributed by atoms with Gasteiger partial charge in [-0.15, -0.1) is 0 Å². The van der Waals surface area contributed by atoms with Crippen molar-refractivity contribution >= 4 is 29.4 Å². The molecule has 1 amide bonds. The van der Waals surface area contributed by atoms with Crippen LogP contribution in [0.15, 0.2) is 27.9 Å². The van der Waals surface area contributed by atoms with E-state index in [0.29, 0.717) is 23.0 Å². The number of anilines is 2. The SMILES string of the molecule is Cc1nc(N)ccc1CNC(=O)Cn1c(C)cc(SNCC2CC2)c(N)c1=O. The normalized spacial score (nSPS) is 13.5. The number of nitrogen functional groups attached to an aromatic ring is 2. The number of rotatable bonds is 8. The van der Waals surface area contributed by atoms with Gasteiger partial charge in [0.1, 0.15) is 18.1 Å². The van der Waals surface area contributed by atoms with Crippen molar-refractivity contribution in [3.63, 3.8) is 0 Å². The van der Waals surface area contributed by atoms with Gasteiger partial charge in [0.05, 0.1) is 4.90 Å². The number of nitrogens with one attached hydrogen (secondary N) is 2. The van der Waals surface area contributed by atoms with Crippen molar-refractivity contribution in [2.24, 2.45) is 5.92 Å². The molecule has 8 nitrogen and oxygen atoms in total. The number of amides is 1. The Hall–Kier alpha value is -2.52. The molecule has 0 aliphatic heterocycles. The fourth-order valence-corrected chi connectivity index (χ4v) is 3.69. The van der Waals surface area contributed by atoms with E-state index in [9.17, 15) is 9.59 Å². The van der Waals surface area contributed by atoms with Crippen LogP contribution in [0.3, 0.4) is 0 Å². The summed E-state index contributed by atoms with van der Waals surface area (Å²) < 4.78 is 4.65. The molecule has 3 rings (SSSR count). The lowest BCUT2D eigenvalue weighted by molar-refractivity contribution is -0.121. The lowest BCUT2D eigenvalue weighted by Crippen LogP contribution is -2.34. The van der Waals surface area contributed by atoms with E-state index < -0.39 is 0 Å². The average Bonchev–Trinajstić information content (AvgIpc) is 3.46. The maximum atomic E-state index is 12.6. The second-order valence-electron chi connectivity index (χ2n) is 7.11. The Kier molecular flexibility index (Phi) is 6.25. The number of nitrogens with two attached hydrogens (primary N) is 2. The summed E-state index contributed by atoms with van der Waals surface area (Å²) in [6.45, 7) is 4.78. The van der Waals surface area contributed by atoms with E-state index in [1.54, 1.807) is 13.0 Å². The van der Waals surface area contributed by atoms with Crippen LogP contribution in [0.2, 0.25) is 0 Å². The molecule has 0 spiro atoms. The molecule has 2 aromatic heterocycles. The number of aromatic nitrogens is 2. The van der Waals surface area contributed by atoms with Crippen LogP contribution in [-0.2, 0) is 17.9 Å². The summed E-state index contributed by atoms with van der Waals surface area (Å²) in [6, 6.07) is 5.36. The van der Waals surface area contributed by atoms with E-state index in [2.05, 4.69) is 15.0 Å². The van der Waals surface area contributed by atoms with E-state index in [-0.39, 0.29) is 23.7 Å². The number of nitrogens with zero attached hydrogens (tertiary/aromatic N) is 2. The van der Waals surface area contributed by atoms with Crippen molar-refractivity contribution < 1.29 is 4.79 Å². The number of aryl methyl sites for hydroxylation is 2. The zero-order chi connectivity index (χ0) is 20.3. The summed E-state index contributed by atoms with van der Waals surface area (Å²) in [5, 5.41) is 2.81. The summed E-state index contributed by atoms with van der Waals surface area (Å²) >= 11 is 1.38. The van der Waals surface area contributed by atoms with Crippen LogP contribution in [0.5, 0.6) is 0 Å². The van der Waals surface area contributed by atoms with Crippen molar-refractivity contribution in [1.82, 2.24) is 19.6 Å². The van der Waals surface area contributed by atoms with Gasteiger partial charge in [0.2, 0.25) is 5.91 Å². The first-order chi connectivity index (χ1) is 13.3. The van der Waals surface area contributed by atoms with E-state index in [0.717, 1.165) is 23.7 Å². The van der Waals surface area contributed by atoms with Crippen LogP contribution < -0.4 is 27.1 Å². The maximum absolute atomic E-state index is 12.6. The maximum Gasteiger partial charge on any atom is 0.275 e. The summed E-state index contributed by atoms with van der Waals surface area (Å²) in [5.74, 6) is 0.904. The Bertz CT molecular complexity index is 939. The molecule has 2 aromatic rings. The molecular formula is C19H26N6O2S. The first-order valence-electron chi connectivity index (χ1n) is 9.23. The Morgan fingerprint density at radius 3 is 2.75 bits per heavy atom. The second-order valence-corrected chi connectivity index (χ2v) is 8.04. The van der Waals surface area contributed by atoms with Gasteiger partial charge in [-0.05, 0) is 62.3 Å². The minimum Gasteiger partial charge on any atom is -0.393 e. The van der Waals surface area contributed by atoms with Gasteiger partial charge in [-0.25, -0.2) is 4.98 Å². The summed E-state index contributed by atoms with van der Waals surface area (Å²) in [6.07, 6.45) is 2.51. The number of pyridine rings is 2. The highest BCUT2D eigenvalue weighted by atomic mass is 32.2. The van der Waals surface area contributed by atoms with Crippen LogP contribution in [0, 0.1) is 19.8 Å². The van der Waals surface area contributed by atoms with Crippen LogP contribution in [0.4, 0.5) is 11.5 Å². The molecule has 28 heavy (non-hydrogen) atoms. The highest BCUT2D eigenvalue weighted by Crippen LogP contribution is 2.29. The fraction of sp³-hybridized carbons (Fsp3) is 0.421. The van der Waals surface area contributed by atoms with Crippen molar-refractivity contribution in [2.45, 2.75) is 44.7 Å². The number of hydrogen-bond acceptors (Lipinski definition) is 7. The molecule has 0 saturated heterocycles. The molecule has 1 aliphatic carbocycles. The van der Waals surface area contributed by atoms with Crippen LogP contribution in [0.25, 0.3) is 0 Å². The van der Waals surface area contributed by atoms with Crippen molar-refractivity contribution in [3.8, 4) is 0 Å². The third kappa shape index (κ3) is 5.05. The molecule has 0 bridgehead atoms. The molecule has 2 heterocycles. The third-order valence-electron chi connectivity index (χ3n) is 4.75. The number of carbonyl (C=O) groups is 1. The molecule has 0 atom stereocenters. The van der Waals surface area contributed by atoms with Gasteiger partial charge in [-0.1, -0.05) is 6.07 Å². The van der Waals surface area contributed by atoms with Crippen molar-refractivity contribution in [3.05, 3.63) is 45.5 Å². The van der Waals surface area contributed by atoms with Crippen molar-refractivity contribution in [2.75, 3.05) is 18.0 Å². The molecule has 150 valence electrons. The van der Waals surface area contributed by atoms with Crippen molar-refractivity contribution in [1.29, 1.82) is 0 Å². The lowest BCUT2D eigenvalue weighted by Gasteiger charge is -2.14. The number of hydrogen-bond donors (Lipinski definition) is 4. The molecule has 9 heteroatoms. The second kappa shape index (κ2) is 8.66. The zero-order valence-electron chi connectivity index (χ0n) is 16.1. The Morgan fingerprint density at radius 2 is 2.07 bits per heavy atom. The van der Waals surface area contributed by atoms with E-state index in [1.807, 2.05) is 19.1 Å². The first kappa shape index (κ1) is 20.2. The highest BCUT2D eigenvalue weighted by Gasteiger charge is 2.21. The Labute approximate surface area is 168 Å². The molecule has 0 radical (unpaired) electrons. The molecule has 0 aromatic carbocycles. The standard InChI is InChI=1S/C19H26N6O2S/c1-11-7-15(28-23-8-13-3-4-13)18(21)19(27)25(11)10-17(26)22-9-14-5-6-16(20)24-12(14)2/h5-7,13,23H,3-4,8-10,21H2,1-2H3,(H2,20,24)(H,22,26). The number of carbonyl (C=O) groups excluding carboxylic acids is 1. The molecule has 1 saturated carbocycles. The predicted octanol–water partition coefficient (Wildman–Crippen LogP) is 1.35. The smallest absolute Gasteiger partial charge is 0.275 e. The molecule has 6 N–H and O–H groups in total. The van der Waals surface area contributed by atoms with E-state index in [4.69, 9.17) is 11.5 Å². The molecule has 0 unspecified atom stereocenters. The summed E-state index contributed by atoms with van der Waals surface area (Å²) in [4.78, 5) is 29.8.